The number of rotatable bonds is 55. The number of allylic oxidation sites excluding steroid dienone is 1. The van der Waals surface area contributed by atoms with E-state index in [4.69, 9.17) is 23.5 Å². The summed E-state index contributed by atoms with van der Waals surface area (Å²) in [6.45, 7) is 16.3. The lowest BCUT2D eigenvalue weighted by Gasteiger charge is -2.57. The molecule has 0 aromatic heterocycles. The zero-order valence-electron chi connectivity index (χ0n) is 62.5. The first-order valence-corrected chi connectivity index (χ1v) is 39.7. The number of phosphoric acid groups is 1. The van der Waals surface area contributed by atoms with Crippen molar-refractivity contribution in [2.45, 2.75) is 246 Å². The van der Waals surface area contributed by atoms with Crippen LogP contribution < -0.4 is 37.5 Å². The molecule has 13 atom stereocenters. The number of phosphoric ester groups is 1. The Balaban J connectivity index is 1.07. The Kier molecular flexibility index (Phi) is 40.0. The summed E-state index contributed by atoms with van der Waals surface area (Å²) in [7, 11) is -2.89. The molecule has 3 saturated carbocycles. The number of amides is 5. The first-order chi connectivity index (χ1) is 49.2. The molecule has 103 heavy (non-hydrogen) atoms. The number of unbranched alkanes of at least 4 members (excludes halogenated alkanes) is 5. The molecule has 5 amide bonds. The quantitative estimate of drug-likeness (QED) is 0.0154. The Morgan fingerprint density at radius 2 is 1.33 bits per heavy atom. The fraction of sp³-hybridized carbons (Fsp3) is 0.811. The number of fused-ring (bicyclic) bond motifs is 5. The fourth-order valence-electron chi connectivity index (χ4n) is 16.0. The average molecular weight is 1480 g/mol. The van der Waals surface area contributed by atoms with Crippen molar-refractivity contribution in [3.05, 3.63) is 23.5 Å². The third-order valence-corrected chi connectivity index (χ3v) is 22.6. The monoisotopic (exact) mass is 1480 g/mol. The summed E-state index contributed by atoms with van der Waals surface area (Å²) >= 11 is 0. The molecule has 1 heterocycles. The maximum Gasteiger partial charge on any atom is 0.471 e. The highest BCUT2D eigenvalue weighted by molar-refractivity contribution is 7.47. The van der Waals surface area contributed by atoms with Crippen molar-refractivity contribution < 1.29 is 95.6 Å². The lowest BCUT2D eigenvalue weighted by atomic mass is 9.48. The molecule has 4 aliphatic carbocycles. The summed E-state index contributed by atoms with van der Waals surface area (Å²) in [4.78, 5) is 138. The van der Waals surface area contributed by atoms with E-state index in [0.29, 0.717) is 99.8 Å². The van der Waals surface area contributed by atoms with Crippen LogP contribution in [0.25, 0.3) is 0 Å². The van der Waals surface area contributed by atoms with Gasteiger partial charge in [0, 0.05) is 122 Å². The molecule has 0 aromatic carbocycles. The fourth-order valence-corrected chi connectivity index (χ4v) is 16.5. The predicted molar refractivity (Wildman–Crippen MR) is 385 cm³/mol. The molecule has 0 radical (unpaired) electrons. The molecule has 3 fully saturated rings. The van der Waals surface area contributed by atoms with E-state index in [9.17, 15) is 67.6 Å². The van der Waals surface area contributed by atoms with Crippen molar-refractivity contribution in [2.24, 2.45) is 58.7 Å². The van der Waals surface area contributed by atoms with E-state index in [1.165, 1.54) is 51.0 Å². The number of carboxylic acids is 2. The summed E-state index contributed by atoms with van der Waals surface area (Å²) < 4.78 is 43.0. The molecule has 1 aliphatic heterocycles. The first-order valence-electron chi connectivity index (χ1n) is 38.2. The number of alkyl carbamates (subject to hydrolysis) is 1. The second-order valence-electron chi connectivity index (χ2n) is 29.7. The van der Waals surface area contributed by atoms with Crippen LogP contribution in [0.15, 0.2) is 23.5 Å². The van der Waals surface area contributed by atoms with Gasteiger partial charge in [0.2, 0.25) is 23.6 Å². The molecule has 29 heteroatoms. The van der Waals surface area contributed by atoms with E-state index in [-0.39, 0.29) is 108 Å². The highest BCUT2D eigenvalue weighted by Crippen LogP contribution is 2.67. The van der Waals surface area contributed by atoms with Gasteiger partial charge in [0.25, 0.3) is 0 Å². The number of nitrogens with zero attached hydrogens (tertiary/aromatic N) is 1. The SMILES string of the molecule is COP(=O)(O)OCCCCCCNC(=O)CCCCCN1C=C(C[C@H](NC(=O)[C@H](CCC(=O)O)CC(=O)[C@H](CCC(=O)O)NC(=O)CCNC(=O)CCNC(=O)O[C@H]2CCC3C(=CC[C@H]4C3CC(C)C3(C)C4CCC3[C@H](C)CCCC(C)C)C2)C(=O)CCCOCCOCCOCCC(C)=O)NN1. The Labute approximate surface area is 610 Å². The maximum absolute atomic E-state index is 14.3. The number of Topliss-reactive ketones (excluding diaryl/α,β-unsaturated/α-hetero) is 3. The molecule has 28 nitrogen and oxygen atoms in total. The first kappa shape index (κ1) is 87.8. The summed E-state index contributed by atoms with van der Waals surface area (Å²) in [5, 5.41) is 34.6. The standard InChI is InChI=1S/C74H125N8O20P/c1-50(2)17-15-18-51(3)61-26-27-62-59-24-21-54-46-57(23-25-58(54)60(59)45-52(4)74(61,62)6)102-73(94)77-36-31-68(87)76-35-32-69(88)78-63(28-30-71(91)92)66(85)47-55(22-29-70(89)90)72(93)79-64(65(84)19-16-38-98-41-43-100-44-42-99-40-33-53(5)83)48-56-49-82(81-80-56)37-13-10-11-20-67(86)75-34-12-8-9-14-39-101-103(95,96)97-7/h21,49-52,55,57-64,80-81H,8-20,22-48H2,1-7H3,(H,75,86)(H,76,87)(H,77,94)(H,78,88)(H,79,93)(H,89,90)(H,91,92)(H,95,96)/t51-,52?,55-,57+,58?,59+,60?,61?,62?,63+,64+,74?/m1/s1. The molecule has 10 N–H and O–H groups in total. The van der Waals surface area contributed by atoms with Gasteiger partial charge in [-0.3, -0.25) is 57.2 Å². The van der Waals surface area contributed by atoms with Crippen LogP contribution in [0, 0.1) is 58.7 Å². The lowest BCUT2D eigenvalue weighted by Crippen LogP contribution is -2.51. The van der Waals surface area contributed by atoms with Crippen LogP contribution >= 0.6 is 7.82 Å². The summed E-state index contributed by atoms with van der Waals surface area (Å²) in [5.41, 5.74) is 8.37. The molecule has 5 aliphatic rings. The highest BCUT2D eigenvalue weighted by atomic mass is 31.2. The smallest absolute Gasteiger partial charge is 0.471 e. The topological polar surface area (TPSA) is 391 Å². The largest absolute Gasteiger partial charge is 0.481 e. The summed E-state index contributed by atoms with van der Waals surface area (Å²) in [6, 6.07) is -2.58. The molecular formula is C74H125N8O20P. The minimum Gasteiger partial charge on any atom is -0.481 e. The Morgan fingerprint density at radius 3 is 2.05 bits per heavy atom. The van der Waals surface area contributed by atoms with E-state index < -0.39 is 86.6 Å². The van der Waals surface area contributed by atoms with E-state index in [1.807, 2.05) is 0 Å². The van der Waals surface area contributed by atoms with E-state index in [0.717, 1.165) is 82.1 Å². The normalized spacial score (nSPS) is 23.0. The van der Waals surface area contributed by atoms with Crippen LogP contribution in [0.4, 0.5) is 4.79 Å². The van der Waals surface area contributed by atoms with Crippen LogP contribution in [0.2, 0.25) is 0 Å². The minimum atomic E-state index is -3.99. The van der Waals surface area contributed by atoms with Gasteiger partial charge in [-0.15, -0.1) is 5.53 Å². The maximum atomic E-state index is 14.3. The van der Waals surface area contributed by atoms with Crippen LogP contribution in [0.3, 0.4) is 0 Å². The van der Waals surface area contributed by atoms with Crippen molar-refractivity contribution in [2.75, 3.05) is 79.5 Å². The minimum absolute atomic E-state index is 0.0162. The van der Waals surface area contributed by atoms with Gasteiger partial charge in [0.1, 0.15) is 11.9 Å². The van der Waals surface area contributed by atoms with Gasteiger partial charge in [-0.05, 0) is 143 Å². The van der Waals surface area contributed by atoms with Crippen molar-refractivity contribution in [3.63, 3.8) is 0 Å². The second-order valence-corrected chi connectivity index (χ2v) is 31.3. The number of carboxylic acid groups (broad SMARTS) is 2. The van der Waals surface area contributed by atoms with Crippen LogP contribution in [0.1, 0.15) is 228 Å². The van der Waals surface area contributed by atoms with Crippen LogP contribution in [-0.4, -0.2) is 177 Å². The number of hydrogen-bond acceptors (Lipinski definition) is 20. The van der Waals surface area contributed by atoms with Crippen molar-refractivity contribution in [1.29, 1.82) is 0 Å². The number of hydrogen-bond donors (Lipinski definition) is 10. The third kappa shape index (κ3) is 32.4. The van der Waals surface area contributed by atoms with Gasteiger partial charge in [-0.25, -0.2) is 9.36 Å². The molecule has 0 spiro atoms. The number of carbonyl (C=O) groups excluding carboxylic acids is 8. The van der Waals surface area contributed by atoms with Gasteiger partial charge in [-0.1, -0.05) is 84.8 Å². The predicted octanol–water partition coefficient (Wildman–Crippen LogP) is 9.08. The van der Waals surface area contributed by atoms with Gasteiger partial charge >= 0.3 is 25.9 Å². The van der Waals surface area contributed by atoms with Gasteiger partial charge < -0.3 is 66.1 Å². The molecular weight excluding hydrogens is 1350 g/mol. The van der Waals surface area contributed by atoms with Gasteiger partial charge in [0.15, 0.2) is 11.6 Å². The van der Waals surface area contributed by atoms with Crippen molar-refractivity contribution >= 4 is 66.8 Å². The van der Waals surface area contributed by atoms with E-state index in [1.54, 1.807) is 11.2 Å². The number of ether oxygens (including phenoxy) is 4. The Morgan fingerprint density at radius 1 is 0.660 bits per heavy atom. The van der Waals surface area contributed by atoms with E-state index in [2.05, 4.69) is 82.8 Å². The Hall–Kier alpha value is -5.87. The number of hydrazine groups is 2. The molecule has 0 bridgehead atoms. The summed E-state index contributed by atoms with van der Waals surface area (Å²) in [5.74, 6) is -1.43. The molecule has 0 saturated heterocycles. The van der Waals surface area contributed by atoms with Crippen LogP contribution in [0.5, 0.6) is 0 Å². The zero-order chi connectivity index (χ0) is 75.3. The number of ketones is 3. The van der Waals surface area contributed by atoms with E-state index >= 15 is 0 Å². The highest BCUT2D eigenvalue weighted by Gasteiger charge is 2.59. The van der Waals surface area contributed by atoms with Crippen LogP contribution in [-0.2, 0) is 75.7 Å². The molecule has 5 rings (SSSR count). The lowest BCUT2D eigenvalue weighted by molar-refractivity contribution is -0.140. The number of nitrogens with one attached hydrogen (secondary N) is 7. The number of aliphatic carboxylic acids is 2. The van der Waals surface area contributed by atoms with Crippen molar-refractivity contribution in [1.82, 2.24) is 42.6 Å². The average Bonchev–Trinajstić information content (AvgIpc) is 1.64. The van der Waals surface area contributed by atoms with Crippen molar-refractivity contribution in [3.8, 4) is 0 Å². The number of carbonyl (C=O) groups is 10. The molecule has 7 unspecified atom stereocenters. The Bertz CT molecular complexity index is 2830. The zero-order valence-corrected chi connectivity index (χ0v) is 63.4. The van der Waals surface area contributed by atoms with Gasteiger partial charge in [0.05, 0.1) is 51.7 Å². The molecule has 0 aromatic rings. The summed E-state index contributed by atoms with van der Waals surface area (Å²) in [6.07, 6.45) is 17.8. The van der Waals surface area contributed by atoms with Gasteiger partial charge in [-0.2, -0.15) is 0 Å². The second kappa shape index (κ2) is 46.9. The third-order valence-electron chi connectivity index (χ3n) is 21.7. The molecule has 586 valence electrons.